The van der Waals surface area contributed by atoms with E-state index in [9.17, 15) is 4.79 Å². The zero-order chi connectivity index (χ0) is 17.4. The van der Waals surface area contributed by atoms with Gasteiger partial charge in [0.15, 0.2) is 0 Å². The second-order valence-electron chi connectivity index (χ2n) is 7.04. The van der Waals surface area contributed by atoms with E-state index in [0.717, 1.165) is 56.0 Å². The number of likely N-dealkylation sites (tertiary alicyclic amines) is 1. The van der Waals surface area contributed by atoms with Crippen molar-refractivity contribution in [3.8, 4) is 5.75 Å². The maximum absolute atomic E-state index is 13.0. The van der Waals surface area contributed by atoms with Gasteiger partial charge in [-0.1, -0.05) is 6.92 Å². The molecular formula is C19H25N3O3. The summed E-state index contributed by atoms with van der Waals surface area (Å²) in [4.78, 5) is 20.7. The number of methoxy groups -OCH3 is 1. The molecule has 134 valence electrons. The second-order valence-corrected chi connectivity index (χ2v) is 7.04. The summed E-state index contributed by atoms with van der Waals surface area (Å²) in [5.41, 5.74) is 1.58. The predicted octanol–water partition coefficient (Wildman–Crippen LogP) is 1.97. The zero-order valence-corrected chi connectivity index (χ0v) is 14.8. The van der Waals surface area contributed by atoms with Crippen LogP contribution in [0.4, 0.5) is 0 Å². The molecule has 2 saturated heterocycles. The van der Waals surface area contributed by atoms with E-state index in [2.05, 4.69) is 16.8 Å². The van der Waals surface area contributed by atoms with Crippen molar-refractivity contribution in [2.75, 3.05) is 46.5 Å². The van der Waals surface area contributed by atoms with E-state index in [4.69, 9.17) is 9.47 Å². The second kappa shape index (κ2) is 6.69. The van der Waals surface area contributed by atoms with Crippen LogP contribution < -0.4 is 4.74 Å². The Balaban J connectivity index is 1.51. The van der Waals surface area contributed by atoms with Gasteiger partial charge in [-0.25, -0.2) is 0 Å². The molecule has 4 rings (SSSR count). The number of aromatic amines is 1. The summed E-state index contributed by atoms with van der Waals surface area (Å²) in [6.45, 7) is 7.34. The molecule has 2 aliphatic heterocycles. The first kappa shape index (κ1) is 16.4. The quantitative estimate of drug-likeness (QED) is 0.926. The number of benzene rings is 1. The van der Waals surface area contributed by atoms with Gasteiger partial charge in [-0.15, -0.1) is 0 Å². The number of carbonyl (C=O) groups is 1. The molecule has 1 amide bonds. The smallest absolute Gasteiger partial charge is 0.270 e. The number of nitrogens with zero attached hydrogens (tertiary/aromatic N) is 2. The standard InChI is InChI=1S/C19H25N3O3/c1-13-11-22(12-18(13)21-5-7-25-8-6-21)19(23)17-9-14-3-4-15(24-2)10-16(14)20-17/h3-4,9-10,13,18,20H,5-8,11-12H2,1-2H3/t13-,18+/m1/s1. The molecular weight excluding hydrogens is 318 g/mol. The van der Waals surface area contributed by atoms with E-state index < -0.39 is 0 Å². The van der Waals surface area contributed by atoms with Gasteiger partial charge in [0.25, 0.3) is 5.91 Å². The Morgan fingerprint density at radius 3 is 2.80 bits per heavy atom. The number of aromatic nitrogens is 1. The minimum absolute atomic E-state index is 0.0813. The molecule has 25 heavy (non-hydrogen) atoms. The molecule has 6 nitrogen and oxygen atoms in total. The number of nitrogens with one attached hydrogen (secondary N) is 1. The maximum atomic E-state index is 13.0. The average Bonchev–Trinajstić information content (AvgIpc) is 3.24. The van der Waals surface area contributed by atoms with E-state index in [1.807, 2.05) is 29.2 Å². The number of morpholine rings is 1. The first-order valence-corrected chi connectivity index (χ1v) is 8.93. The van der Waals surface area contributed by atoms with Gasteiger partial charge in [0.05, 0.1) is 20.3 Å². The first-order valence-electron chi connectivity index (χ1n) is 8.93. The number of rotatable bonds is 3. The van der Waals surface area contributed by atoms with Crippen molar-refractivity contribution in [1.82, 2.24) is 14.8 Å². The molecule has 2 aliphatic rings. The lowest BCUT2D eigenvalue weighted by Crippen LogP contribution is -2.47. The van der Waals surface area contributed by atoms with Crippen LogP contribution in [-0.4, -0.2) is 73.2 Å². The Labute approximate surface area is 147 Å². The molecule has 0 unspecified atom stereocenters. The Morgan fingerprint density at radius 1 is 1.24 bits per heavy atom. The monoisotopic (exact) mass is 343 g/mol. The molecule has 6 heteroatoms. The van der Waals surface area contributed by atoms with Crippen molar-refractivity contribution in [2.45, 2.75) is 13.0 Å². The van der Waals surface area contributed by atoms with Gasteiger partial charge in [0.1, 0.15) is 11.4 Å². The molecule has 1 aromatic carbocycles. The number of fused-ring (bicyclic) bond motifs is 1. The summed E-state index contributed by atoms with van der Waals surface area (Å²) >= 11 is 0. The normalized spacial score (nSPS) is 24.8. The molecule has 0 radical (unpaired) electrons. The van der Waals surface area contributed by atoms with Crippen LogP contribution in [0.15, 0.2) is 24.3 Å². The number of hydrogen-bond acceptors (Lipinski definition) is 4. The van der Waals surface area contributed by atoms with Crippen molar-refractivity contribution in [3.05, 3.63) is 30.0 Å². The fraction of sp³-hybridized carbons (Fsp3) is 0.526. The number of ether oxygens (including phenoxy) is 2. The highest BCUT2D eigenvalue weighted by Crippen LogP contribution is 2.26. The lowest BCUT2D eigenvalue weighted by molar-refractivity contribution is 0.0119. The molecule has 0 bridgehead atoms. The SMILES string of the molecule is COc1ccc2cc(C(=O)N3C[C@@H](C)[C@@H](N4CCOCC4)C3)[nH]c2c1. The van der Waals surface area contributed by atoms with Crippen LogP contribution in [0.25, 0.3) is 10.9 Å². The molecule has 3 heterocycles. The highest BCUT2D eigenvalue weighted by Gasteiger charge is 2.37. The third-order valence-electron chi connectivity index (χ3n) is 5.43. The molecule has 2 fully saturated rings. The van der Waals surface area contributed by atoms with E-state index in [1.54, 1.807) is 7.11 Å². The van der Waals surface area contributed by atoms with E-state index in [-0.39, 0.29) is 5.91 Å². The predicted molar refractivity (Wildman–Crippen MR) is 96.1 cm³/mol. The van der Waals surface area contributed by atoms with Crippen molar-refractivity contribution in [1.29, 1.82) is 0 Å². The summed E-state index contributed by atoms with van der Waals surface area (Å²) in [6.07, 6.45) is 0. The molecule has 1 N–H and O–H groups in total. The fourth-order valence-electron chi connectivity index (χ4n) is 4.02. The third-order valence-corrected chi connectivity index (χ3v) is 5.43. The summed E-state index contributed by atoms with van der Waals surface area (Å²) in [5, 5.41) is 1.03. The van der Waals surface area contributed by atoms with Gasteiger partial charge in [-0.3, -0.25) is 9.69 Å². The minimum Gasteiger partial charge on any atom is -0.497 e. The largest absolute Gasteiger partial charge is 0.497 e. The van der Waals surface area contributed by atoms with Crippen LogP contribution in [0.5, 0.6) is 5.75 Å². The fourth-order valence-corrected chi connectivity index (χ4v) is 4.02. The lowest BCUT2D eigenvalue weighted by atomic mass is 10.0. The topological polar surface area (TPSA) is 57.8 Å². The molecule has 1 aromatic heterocycles. The van der Waals surface area contributed by atoms with Crippen LogP contribution in [0.1, 0.15) is 17.4 Å². The summed E-state index contributed by atoms with van der Waals surface area (Å²) in [5.74, 6) is 1.35. The van der Waals surface area contributed by atoms with Crippen LogP contribution in [-0.2, 0) is 4.74 Å². The van der Waals surface area contributed by atoms with Crippen LogP contribution in [0, 0.1) is 5.92 Å². The minimum atomic E-state index is 0.0813. The Morgan fingerprint density at radius 2 is 2.04 bits per heavy atom. The highest BCUT2D eigenvalue weighted by molar-refractivity contribution is 5.98. The van der Waals surface area contributed by atoms with Crippen molar-refractivity contribution >= 4 is 16.8 Å². The molecule has 0 aliphatic carbocycles. The number of H-pyrrole nitrogens is 1. The van der Waals surface area contributed by atoms with E-state index in [0.29, 0.717) is 17.7 Å². The van der Waals surface area contributed by atoms with Crippen LogP contribution >= 0.6 is 0 Å². The van der Waals surface area contributed by atoms with Gasteiger partial charge in [0, 0.05) is 49.2 Å². The van der Waals surface area contributed by atoms with Gasteiger partial charge in [-0.2, -0.15) is 0 Å². The first-order chi connectivity index (χ1) is 12.2. The number of hydrogen-bond donors (Lipinski definition) is 1. The Hall–Kier alpha value is -2.05. The van der Waals surface area contributed by atoms with Crippen molar-refractivity contribution in [2.24, 2.45) is 5.92 Å². The van der Waals surface area contributed by atoms with Crippen LogP contribution in [0.2, 0.25) is 0 Å². The highest BCUT2D eigenvalue weighted by atomic mass is 16.5. The van der Waals surface area contributed by atoms with Gasteiger partial charge in [-0.05, 0) is 24.1 Å². The maximum Gasteiger partial charge on any atom is 0.270 e. The average molecular weight is 343 g/mol. The Kier molecular flexibility index (Phi) is 4.39. The third kappa shape index (κ3) is 3.12. The van der Waals surface area contributed by atoms with Crippen molar-refractivity contribution < 1.29 is 14.3 Å². The molecule has 0 spiro atoms. The van der Waals surface area contributed by atoms with Gasteiger partial charge < -0.3 is 19.4 Å². The number of carbonyl (C=O) groups excluding carboxylic acids is 1. The van der Waals surface area contributed by atoms with Gasteiger partial charge in [0.2, 0.25) is 0 Å². The molecule has 0 saturated carbocycles. The number of amides is 1. The zero-order valence-electron chi connectivity index (χ0n) is 14.8. The van der Waals surface area contributed by atoms with Gasteiger partial charge >= 0.3 is 0 Å². The Bertz CT molecular complexity index is 766. The molecule has 2 atom stereocenters. The lowest BCUT2D eigenvalue weighted by Gasteiger charge is -2.33. The van der Waals surface area contributed by atoms with Crippen LogP contribution in [0.3, 0.4) is 0 Å². The van der Waals surface area contributed by atoms with E-state index in [1.165, 1.54) is 0 Å². The summed E-state index contributed by atoms with van der Waals surface area (Å²) in [7, 11) is 1.65. The summed E-state index contributed by atoms with van der Waals surface area (Å²) in [6, 6.07) is 8.18. The summed E-state index contributed by atoms with van der Waals surface area (Å²) < 4.78 is 10.7. The van der Waals surface area contributed by atoms with Crippen molar-refractivity contribution in [3.63, 3.8) is 0 Å². The van der Waals surface area contributed by atoms with E-state index >= 15 is 0 Å². The molecule has 2 aromatic rings.